The fourth-order valence-electron chi connectivity index (χ4n) is 2.80. The Morgan fingerprint density at radius 2 is 2.19 bits per heavy atom. The van der Waals surface area contributed by atoms with Crippen LogP contribution in [0.2, 0.25) is 0 Å². The van der Waals surface area contributed by atoms with Crippen LogP contribution >= 0.6 is 11.3 Å². The van der Waals surface area contributed by atoms with E-state index in [1.165, 1.54) is 4.88 Å². The van der Waals surface area contributed by atoms with Gasteiger partial charge < -0.3 is 9.64 Å². The maximum absolute atomic E-state index is 12.8. The van der Waals surface area contributed by atoms with E-state index in [9.17, 15) is 4.79 Å². The molecule has 4 nitrogen and oxygen atoms in total. The molecular weight excluding hydrogens is 284 g/mol. The molecule has 1 saturated heterocycles. The molecule has 5 heteroatoms. The summed E-state index contributed by atoms with van der Waals surface area (Å²) in [7, 11) is 0. The molecular formula is C16H26N2O2S. The summed E-state index contributed by atoms with van der Waals surface area (Å²) in [6, 6.07) is 4.16. The van der Waals surface area contributed by atoms with Crippen molar-refractivity contribution < 1.29 is 9.53 Å². The first-order valence-electron chi connectivity index (χ1n) is 7.79. The van der Waals surface area contributed by atoms with Crippen LogP contribution in [0, 0.1) is 5.92 Å². The van der Waals surface area contributed by atoms with Crippen molar-refractivity contribution in [1.82, 2.24) is 10.2 Å². The highest BCUT2D eigenvalue weighted by atomic mass is 32.1. The standard InChI is InChI=1S/C16H26N2O2S/c1-5-12-16(19)18(13(11(3)4)10-20-6-2)15(17-12)14-8-7-9-21-14/h7-9,11-13,15,17H,5-6,10H2,1-4H3. The van der Waals surface area contributed by atoms with E-state index in [0.717, 1.165) is 6.42 Å². The van der Waals surface area contributed by atoms with E-state index in [-0.39, 0.29) is 24.2 Å². The lowest BCUT2D eigenvalue weighted by Gasteiger charge is -2.34. The van der Waals surface area contributed by atoms with Gasteiger partial charge in [-0.3, -0.25) is 10.1 Å². The summed E-state index contributed by atoms with van der Waals surface area (Å²) >= 11 is 1.69. The molecule has 0 radical (unpaired) electrons. The predicted octanol–water partition coefficient (Wildman–Crippen LogP) is 3.02. The number of carbonyl (C=O) groups is 1. The van der Waals surface area contributed by atoms with Crippen LogP contribution in [-0.2, 0) is 9.53 Å². The zero-order valence-electron chi connectivity index (χ0n) is 13.3. The molecule has 2 heterocycles. The average Bonchev–Trinajstić information content (AvgIpc) is 3.08. The second-order valence-electron chi connectivity index (χ2n) is 5.76. The molecule has 1 aromatic heterocycles. The van der Waals surface area contributed by atoms with Gasteiger partial charge in [-0.15, -0.1) is 11.3 Å². The second kappa shape index (κ2) is 7.38. The number of carbonyl (C=O) groups excluding carboxylic acids is 1. The lowest BCUT2D eigenvalue weighted by atomic mass is 10.0. The van der Waals surface area contributed by atoms with Gasteiger partial charge in [-0.05, 0) is 30.7 Å². The molecule has 0 bridgehead atoms. The maximum Gasteiger partial charge on any atom is 0.241 e. The fraction of sp³-hybridized carbons (Fsp3) is 0.688. The van der Waals surface area contributed by atoms with E-state index in [1.807, 2.05) is 17.9 Å². The number of amides is 1. The molecule has 1 amide bonds. The minimum Gasteiger partial charge on any atom is -0.380 e. The first-order chi connectivity index (χ1) is 10.1. The normalized spacial score (nSPS) is 24.0. The van der Waals surface area contributed by atoms with Crippen LogP contribution in [0.15, 0.2) is 17.5 Å². The quantitative estimate of drug-likeness (QED) is 0.842. The minimum atomic E-state index is -0.0834. The Kier molecular flexibility index (Phi) is 5.79. The largest absolute Gasteiger partial charge is 0.380 e. The van der Waals surface area contributed by atoms with Gasteiger partial charge in [0.15, 0.2) is 0 Å². The Morgan fingerprint density at radius 3 is 2.71 bits per heavy atom. The number of nitrogens with zero attached hydrogens (tertiary/aromatic N) is 1. The summed E-state index contributed by atoms with van der Waals surface area (Å²) in [6.07, 6.45) is 0.798. The van der Waals surface area contributed by atoms with Gasteiger partial charge in [0.05, 0.1) is 18.7 Å². The Bertz CT molecular complexity index is 447. The van der Waals surface area contributed by atoms with Crippen molar-refractivity contribution in [2.24, 2.45) is 5.92 Å². The zero-order valence-corrected chi connectivity index (χ0v) is 14.2. The van der Waals surface area contributed by atoms with Gasteiger partial charge in [-0.2, -0.15) is 0 Å². The number of thiophene rings is 1. The number of hydrogen-bond donors (Lipinski definition) is 1. The molecule has 0 spiro atoms. The molecule has 118 valence electrons. The Labute approximate surface area is 131 Å². The number of rotatable bonds is 7. The van der Waals surface area contributed by atoms with Crippen molar-refractivity contribution in [1.29, 1.82) is 0 Å². The van der Waals surface area contributed by atoms with E-state index in [1.54, 1.807) is 11.3 Å². The number of hydrogen-bond acceptors (Lipinski definition) is 4. The van der Waals surface area contributed by atoms with Gasteiger partial charge >= 0.3 is 0 Å². The van der Waals surface area contributed by atoms with Gasteiger partial charge in [-0.25, -0.2) is 0 Å². The van der Waals surface area contributed by atoms with Crippen molar-refractivity contribution in [2.45, 2.75) is 52.4 Å². The molecule has 1 N–H and O–H groups in total. The van der Waals surface area contributed by atoms with Crippen LogP contribution in [0.3, 0.4) is 0 Å². The molecule has 2 rings (SSSR count). The summed E-state index contributed by atoms with van der Waals surface area (Å²) in [5.74, 6) is 0.565. The van der Waals surface area contributed by atoms with E-state index >= 15 is 0 Å². The topological polar surface area (TPSA) is 41.6 Å². The third-order valence-electron chi connectivity index (χ3n) is 4.03. The molecule has 0 saturated carbocycles. The summed E-state index contributed by atoms with van der Waals surface area (Å²) in [5.41, 5.74) is 0. The van der Waals surface area contributed by atoms with Gasteiger partial charge in [-0.1, -0.05) is 26.8 Å². The number of ether oxygens (including phenoxy) is 1. The van der Waals surface area contributed by atoms with Gasteiger partial charge in [0.25, 0.3) is 0 Å². The highest BCUT2D eigenvalue weighted by molar-refractivity contribution is 7.10. The molecule has 21 heavy (non-hydrogen) atoms. The maximum atomic E-state index is 12.8. The Balaban J connectivity index is 2.27. The summed E-state index contributed by atoms with van der Waals surface area (Å²) in [5, 5.41) is 5.55. The molecule has 1 fully saturated rings. The van der Waals surface area contributed by atoms with Gasteiger partial charge in [0.2, 0.25) is 5.91 Å². The lowest BCUT2D eigenvalue weighted by Crippen LogP contribution is -2.45. The SMILES string of the molecule is CCOCC(C(C)C)N1C(=O)C(CC)NC1c1cccs1. The molecule has 0 aromatic carbocycles. The molecule has 1 aliphatic heterocycles. The summed E-state index contributed by atoms with van der Waals surface area (Å²) < 4.78 is 5.63. The zero-order chi connectivity index (χ0) is 15.4. The molecule has 0 aliphatic carbocycles. The van der Waals surface area contributed by atoms with Crippen LogP contribution in [0.4, 0.5) is 0 Å². The third-order valence-corrected chi connectivity index (χ3v) is 4.96. The van der Waals surface area contributed by atoms with Crippen LogP contribution in [0.1, 0.15) is 45.2 Å². The third kappa shape index (κ3) is 3.47. The van der Waals surface area contributed by atoms with Crippen LogP contribution < -0.4 is 5.32 Å². The first-order valence-corrected chi connectivity index (χ1v) is 8.67. The van der Waals surface area contributed by atoms with E-state index in [4.69, 9.17) is 4.74 Å². The monoisotopic (exact) mass is 310 g/mol. The Hall–Kier alpha value is -0.910. The highest BCUT2D eigenvalue weighted by Crippen LogP contribution is 2.33. The number of nitrogens with one attached hydrogen (secondary N) is 1. The average molecular weight is 310 g/mol. The van der Waals surface area contributed by atoms with Crippen molar-refractivity contribution in [2.75, 3.05) is 13.2 Å². The van der Waals surface area contributed by atoms with E-state index in [2.05, 4.69) is 37.5 Å². The van der Waals surface area contributed by atoms with E-state index in [0.29, 0.717) is 19.1 Å². The fourth-order valence-corrected chi connectivity index (χ4v) is 3.58. The van der Waals surface area contributed by atoms with Crippen LogP contribution in [-0.4, -0.2) is 36.1 Å². The predicted molar refractivity (Wildman–Crippen MR) is 86.2 cm³/mol. The lowest BCUT2D eigenvalue weighted by molar-refractivity contribution is -0.135. The van der Waals surface area contributed by atoms with Crippen molar-refractivity contribution in [3.05, 3.63) is 22.4 Å². The van der Waals surface area contributed by atoms with Crippen molar-refractivity contribution >= 4 is 17.2 Å². The molecule has 1 aromatic rings. The molecule has 3 atom stereocenters. The van der Waals surface area contributed by atoms with Gasteiger partial charge in [0.1, 0.15) is 6.17 Å². The smallest absolute Gasteiger partial charge is 0.241 e. The highest BCUT2D eigenvalue weighted by Gasteiger charge is 2.43. The van der Waals surface area contributed by atoms with Crippen molar-refractivity contribution in [3.63, 3.8) is 0 Å². The minimum absolute atomic E-state index is 0.0182. The van der Waals surface area contributed by atoms with Gasteiger partial charge in [0, 0.05) is 11.5 Å². The molecule has 3 unspecified atom stereocenters. The van der Waals surface area contributed by atoms with Crippen LogP contribution in [0.25, 0.3) is 0 Å². The Morgan fingerprint density at radius 1 is 1.43 bits per heavy atom. The van der Waals surface area contributed by atoms with Crippen LogP contribution in [0.5, 0.6) is 0 Å². The van der Waals surface area contributed by atoms with E-state index < -0.39 is 0 Å². The summed E-state index contributed by atoms with van der Waals surface area (Å²) in [6.45, 7) is 9.63. The molecule has 1 aliphatic rings. The summed E-state index contributed by atoms with van der Waals surface area (Å²) in [4.78, 5) is 16.0. The second-order valence-corrected chi connectivity index (χ2v) is 6.74. The van der Waals surface area contributed by atoms with Crippen molar-refractivity contribution in [3.8, 4) is 0 Å². The first kappa shape index (κ1) is 16.5.